The van der Waals surface area contributed by atoms with Crippen molar-refractivity contribution in [3.63, 3.8) is 0 Å². The minimum atomic E-state index is 0.0149. The third kappa shape index (κ3) is 5.99. The van der Waals surface area contributed by atoms with Crippen molar-refractivity contribution >= 4 is 23.4 Å². The van der Waals surface area contributed by atoms with Gasteiger partial charge < -0.3 is 10.1 Å². The lowest BCUT2D eigenvalue weighted by Gasteiger charge is -2.10. The summed E-state index contributed by atoms with van der Waals surface area (Å²) in [5.41, 5.74) is 3.34. The van der Waals surface area contributed by atoms with Gasteiger partial charge >= 0.3 is 0 Å². The molecular formula is C19H23NO2S. The summed E-state index contributed by atoms with van der Waals surface area (Å²) in [6, 6.07) is 15.7. The fraction of sp³-hybridized carbons (Fsp3) is 0.316. The lowest BCUT2D eigenvalue weighted by molar-refractivity contribution is -0.113. The molecule has 0 heterocycles. The van der Waals surface area contributed by atoms with E-state index in [0.717, 1.165) is 17.2 Å². The molecule has 0 radical (unpaired) electrons. The summed E-state index contributed by atoms with van der Waals surface area (Å²) in [6.07, 6.45) is 0.147. The quantitative estimate of drug-likeness (QED) is 0.803. The number of hydrogen-bond acceptors (Lipinski definition) is 3. The van der Waals surface area contributed by atoms with Crippen LogP contribution >= 0.6 is 11.8 Å². The Morgan fingerprint density at radius 3 is 2.48 bits per heavy atom. The number of amides is 1. The van der Waals surface area contributed by atoms with E-state index < -0.39 is 0 Å². The molecule has 0 saturated heterocycles. The zero-order valence-electron chi connectivity index (χ0n) is 13.8. The molecule has 4 heteroatoms. The molecule has 0 bridgehead atoms. The molecule has 0 aliphatic rings. The van der Waals surface area contributed by atoms with E-state index in [9.17, 15) is 4.79 Å². The van der Waals surface area contributed by atoms with Gasteiger partial charge in [-0.3, -0.25) is 4.79 Å². The summed E-state index contributed by atoms with van der Waals surface area (Å²) in [6.45, 7) is 6.07. The van der Waals surface area contributed by atoms with E-state index in [4.69, 9.17) is 4.74 Å². The van der Waals surface area contributed by atoms with Gasteiger partial charge in [0.15, 0.2) is 0 Å². The lowest BCUT2D eigenvalue weighted by atomic mass is 10.1. The van der Waals surface area contributed by atoms with Crippen molar-refractivity contribution in [2.45, 2.75) is 32.6 Å². The molecule has 2 aromatic carbocycles. The summed E-state index contributed by atoms with van der Waals surface area (Å²) < 4.78 is 5.58. The van der Waals surface area contributed by atoms with E-state index in [0.29, 0.717) is 5.75 Å². The topological polar surface area (TPSA) is 38.3 Å². The largest absolute Gasteiger partial charge is 0.491 e. The second-order valence-electron chi connectivity index (χ2n) is 5.66. The van der Waals surface area contributed by atoms with Gasteiger partial charge in [-0.15, -0.1) is 11.8 Å². The highest BCUT2D eigenvalue weighted by atomic mass is 32.2. The van der Waals surface area contributed by atoms with Crippen molar-refractivity contribution in [1.29, 1.82) is 0 Å². The second kappa shape index (κ2) is 8.63. The van der Waals surface area contributed by atoms with Crippen LogP contribution in [0, 0.1) is 6.92 Å². The molecule has 122 valence electrons. The Morgan fingerprint density at radius 1 is 1.13 bits per heavy atom. The van der Waals surface area contributed by atoms with Gasteiger partial charge in [0.05, 0.1) is 11.9 Å². The number of thioether (sulfide) groups is 1. The van der Waals surface area contributed by atoms with Gasteiger partial charge in [-0.25, -0.2) is 0 Å². The molecule has 0 aliphatic heterocycles. The van der Waals surface area contributed by atoms with E-state index in [1.165, 1.54) is 11.1 Å². The first-order chi connectivity index (χ1) is 11.0. The first-order valence-corrected chi connectivity index (χ1v) is 8.89. The van der Waals surface area contributed by atoms with Crippen LogP contribution in [0.5, 0.6) is 5.75 Å². The van der Waals surface area contributed by atoms with E-state index >= 15 is 0 Å². The van der Waals surface area contributed by atoms with Crippen LogP contribution in [0.1, 0.15) is 25.0 Å². The van der Waals surface area contributed by atoms with Gasteiger partial charge in [0.1, 0.15) is 5.75 Å². The van der Waals surface area contributed by atoms with E-state index in [1.54, 1.807) is 11.8 Å². The highest BCUT2D eigenvalue weighted by Gasteiger charge is 2.05. The molecule has 0 aromatic heterocycles. The van der Waals surface area contributed by atoms with Crippen LogP contribution < -0.4 is 10.1 Å². The number of ether oxygens (including phenoxy) is 1. The molecule has 1 N–H and O–H groups in total. The highest BCUT2D eigenvalue weighted by Crippen LogP contribution is 2.18. The Labute approximate surface area is 142 Å². The van der Waals surface area contributed by atoms with Crippen molar-refractivity contribution in [2.24, 2.45) is 0 Å². The van der Waals surface area contributed by atoms with Crippen molar-refractivity contribution < 1.29 is 9.53 Å². The monoisotopic (exact) mass is 329 g/mol. The molecule has 0 aliphatic carbocycles. The second-order valence-corrected chi connectivity index (χ2v) is 6.64. The number of anilines is 1. The van der Waals surface area contributed by atoms with Crippen molar-refractivity contribution in [1.82, 2.24) is 0 Å². The van der Waals surface area contributed by atoms with Crippen molar-refractivity contribution in [2.75, 3.05) is 11.1 Å². The number of rotatable bonds is 7. The van der Waals surface area contributed by atoms with Crippen LogP contribution in [0.15, 0.2) is 48.5 Å². The lowest BCUT2D eigenvalue weighted by Crippen LogP contribution is -2.14. The zero-order chi connectivity index (χ0) is 16.7. The normalized spacial score (nSPS) is 10.6. The minimum Gasteiger partial charge on any atom is -0.491 e. The van der Waals surface area contributed by atoms with Crippen LogP contribution in [-0.4, -0.2) is 17.8 Å². The molecule has 2 rings (SSSR count). The van der Waals surface area contributed by atoms with Gasteiger partial charge in [0.25, 0.3) is 0 Å². The standard InChI is InChI=1S/C19H23NO2S/c1-14(2)22-18-10-8-17(9-11-18)20-19(21)13-23-12-16-7-5-4-6-15(16)3/h4-11,14H,12-13H2,1-3H3,(H,20,21). The summed E-state index contributed by atoms with van der Waals surface area (Å²) in [7, 11) is 0. The molecule has 0 spiro atoms. The van der Waals surface area contributed by atoms with Gasteiger partial charge in [-0.05, 0) is 56.2 Å². The van der Waals surface area contributed by atoms with Gasteiger partial charge in [0, 0.05) is 11.4 Å². The third-order valence-corrected chi connectivity index (χ3v) is 4.24. The maximum atomic E-state index is 12.0. The minimum absolute atomic E-state index is 0.0149. The average Bonchev–Trinajstić information content (AvgIpc) is 2.51. The number of carbonyl (C=O) groups is 1. The number of benzene rings is 2. The smallest absolute Gasteiger partial charge is 0.234 e. The number of hydrogen-bond donors (Lipinski definition) is 1. The fourth-order valence-electron chi connectivity index (χ4n) is 2.11. The summed E-state index contributed by atoms with van der Waals surface area (Å²) in [5, 5.41) is 2.91. The molecule has 1 amide bonds. The van der Waals surface area contributed by atoms with E-state index in [2.05, 4.69) is 24.4 Å². The SMILES string of the molecule is Cc1ccccc1CSCC(=O)Nc1ccc(OC(C)C)cc1. The average molecular weight is 329 g/mol. The van der Waals surface area contributed by atoms with Gasteiger partial charge in [0.2, 0.25) is 5.91 Å². The maximum absolute atomic E-state index is 12.0. The summed E-state index contributed by atoms with van der Waals surface area (Å²) in [4.78, 5) is 12.0. The maximum Gasteiger partial charge on any atom is 0.234 e. The molecule has 3 nitrogen and oxygen atoms in total. The van der Waals surface area contributed by atoms with Crippen LogP contribution in [0.4, 0.5) is 5.69 Å². The Hall–Kier alpha value is -1.94. The molecule has 0 fully saturated rings. The number of nitrogens with one attached hydrogen (secondary N) is 1. The zero-order valence-corrected chi connectivity index (χ0v) is 14.7. The summed E-state index contributed by atoms with van der Waals surface area (Å²) in [5.74, 6) is 2.12. The summed E-state index contributed by atoms with van der Waals surface area (Å²) >= 11 is 1.62. The van der Waals surface area contributed by atoms with Crippen LogP contribution in [-0.2, 0) is 10.5 Å². The van der Waals surface area contributed by atoms with E-state index in [-0.39, 0.29) is 12.0 Å². The Morgan fingerprint density at radius 2 is 1.83 bits per heavy atom. The molecule has 0 atom stereocenters. The van der Waals surface area contributed by atoms with Gasteiger partial charge in [-0.1, -0.05) is 24.3 Å². The third-order valence-electron chi connectivity index (χ3n) is 3.26. The predicted octanol–water partition coefficient (Wildman–Crippen LogP) is 4.65. The Bertz CT molecular complexity index is 638. The number of aryl methyl sites for hydroxylation is 1. The van der Waals surface area contributed by atoms with Crippen LogP contribution in [0.3, 0.4) is 0 Å². The number of carbonyl (C=O) groups excluding carboxylic acids is 1. The highest BCUT2D eigenvalue weighted by molar-refractivity contribution is 7.99. The van der Waals surface area contributed by atoms with Gasteiger partial charge in [-0.2, -0.15) is 0 Å². The molecule has 23 heavy (non-hydrogen) atoms. The van der Waals surface area contributed by atoms with Crippen LogP contribution in [0.25, 0.3) is 0 Å². The van der Waals surface area contributed by atoms with Crippen molar-refractivity contribution in [3.8, 4) is 5.75 Å². The van der Waals surface area contributed by atoms with Crippen LogP contribution in [0.2, 0.25) is 0 Å². The first-order valence-electron chi connectivity index (χ1n) is 7.73. The molecule has 0 saturated carbocycles. The van der Waals surface area contributed by atoms with Crippen molar-refractivity contribution in [3.05, 3.63) is 59.7 Å². The Kier molecular flexibility index (Phi) is 6.53. The fourth-order valence-corrected chi connectivity index (χ4v) is 3.02. The molecule has 0 unspecified atom stereocenters. The predicted molar refractivity (Wildman–Crippen MR) is 98.2 cm³/mol. The molecular weight excluding hydrogens is 306 g/mol. The molecule has 2 aromatic rings. The Balaban J connectivity index is 1.77. The van der Waals surface area contributed by atoms with E-state index in [1.807, 2.05) is 50.2 Å². The first kappa shape index (κ1) is 17.4.